The Balaban J connectivity index is 1.42. The molecule has 0 amide bonds. The van der Waals surface area contributed by atoms with E-state index in [0.717, 1.165) is 29.7 Å². The third-order valence-electron chi connectivity index (χ3n) is 6.24. The number of benzene rings is 4. The lowest BCUT2D eigenvalue weighted by atomic mass is 9.92. The molecule has 0 aliphatic carbocycles. The Morgan fingerprint density at radius 3 is 1.82 bits per heavy atom. The van der Waals surface area contributed by atoms with Crippen molar-refractivity contribution in [1.82, 2.24) is 0 Å². The summed E-state index contributed by atoms with van der Waals surface area (Å²) in [7, 11) is 0. The van der Waals surface area contributed by atoms with Gasteiger partial charge < -0.3 is 4.74 Å². The molecule has 34 heavy (non-hydrogen) atoms. The van der Waals surface area contributed by atoms with E-state index in [4.69, 9.17) is 4.74 Å². The minimum absolute atomic E-state index is 0.0331. The lowest BCUT2D eigenvalue weighted by Gasteiger charge is -2.14. The maximum atomic E-state index is 14.9. The molecule has 0 aliphatic rings. The molecule has 1 nitrogen and oxygen atoms in total. The SMILES string of the molecule is CCOc1ccc(CCc2ccc(-c3cc(F)c(C[C@H](C)c4ccccc4)c(F)c3)cc2)cc1. The first kappa shape index (κ1) is 23.7. The van der Waals surface area contributed by atoms with Gasteiger partial charge in [0.2, 0.25) is 0 Å². The van der Waals surface area contributed by atoms with Crippen molar-refractivity contribution in [3.05, 3.63) is 125 Å². The Hall–Kier alpha value is -3.46. The van der Waals surface area contributed by atoms with E-state index in [2.05, 4.69) is 12.1 Å². The van der Waals surface area contributed by atoms with Crippen LogP contribution in [-0.4, -0.2) is 6.61 Å². The van der Waals surface area contributed by atoms with E-state index >= 15 is 0 Å². The third kappa shape index (κ3) is 5.91. The van der Waals surface area contributed by atoms with Crippen LogP contribution < -0.4 is 4.74 Å². The zero-order valence-corrected chi connectivity index (χ0v) is 19.7. The zero-order chi connectivity index (χ0) is 23.9. The highest BCUT2D eigenvalue weighted by Crippen LogP contribution is 2.29. The van der Waals surface area contributed by atoms with E-state index in [9.17, 15) is 8.78 Å². The molecule has 0 saturated heterocycles. The predicted octanol–water partition coefficient (Wildman–Crippen LogP) is 8.16. The topological polar surface area (TPSA) is 9.23 Å². The van der Waals surface area contributed by atoms with Gasteiger partial charge in [-0.25, -0.2) is 8.78 Å². The van der Waals surface area contributed by atoms with Crippen LogP contribution in [0, 0.1) is 11.6 Å². The van der Waals surface area contributed by atoms with Crippen molar-refractivity contribution in [2.24, 2.45) is 0 Å². The fourth-order valence-corrected chi connectivity index (χ4v) is 4.24. The first-order valence-electron chi connectivity index (χ1n) is 11.9. The van der Waals surface area contributed by atoms with Crippen LogP contribution in [0.2, 0.25) is 0 Å². The van der Waals surface area contributed by atoms with E-state index < -0.39 is 11.6 Å². The van der Waals surface area contributed by atoms with Crippen LogP contribution in [0.1, 0.15) is 42.0 Å². The Kier molecular flexibility index (Phi) is 7.74. The summed E-state index contributed by atoms with van der Waals surface area (Å²) < 4.78 is 35.3. The fourth-order valence-electron chi connectivity index (χ4n) is 4.24. The number of hydrogen-bond donors (Lipinski definition) is 0. The van der Waals surface area contributed by atoms with E-state index in [-0.39, 0.29) is 11.5 Å². The van der Waals surface area contributed by atoms with Gasteiger partial charge in [0.1, 0.15) is 17.4 Å². The van der Waals surface area contributed by atoms with Crippen LogP contribution in [0.4, 0.5) is 8.78 Å². The van der Waals surface area contributed by atoms with Crippen molar-refractivity contribution >= 4 is 0 Å². The lowest BCUT2D eigenvalue weighted by Crippen LogP contribution is -2.04. The molecule has 0 aromatic heterocycles. The number of aryl methyl sites for hydroxylation is 2. The van der Waals surface area contributed by atoms with Gasteiger partial charge in [-0.15, -0.1) is 0 Å². The maximum absolute atomic E-state index is 14.9. The molecule has 0 radical (unpaired) electrons. The number of hydrogen-bond acceptors (Lipinski definition) is 1. The van der Waals surface area contributed by atoms with Gasteiger partial charge in [0.25, 0.3) is 0 Å². The first-order valence-corrected chi connectivity index (χ1v) is 11.9. The van der Waals surface area contributed by atoms with Crippen molar-refractivity contribution in [1.29, 1.82) is 0 Å². The number of ether oxygens (including phenoxy) is 1. The van der Waals surface area contributed by atoms with Crippen molar-refractivity contribution in [2.75, 3.05) is 6.61 Å². The van der Waals surface area contributed by atoms with E-state index in [1.807, 2.05) is 80.6 Å². The Bertz CT molecular complexity index is 1180. The van der Waals surface area contributed by atoms with Gasteiger partial charge in [0.05, 0.1) is 6.61 Å². The van der Waals surface area contributed by atoms with Gasteiger partial charge in [-0.3, -0.25) is 0 Å². The van der Waals surface area contributed by atoms with Crippen LogP contribution in [0.5, 0.6) is 5.75 Å². The predicted molar refractivity (Wildman–Crippen MR) is 135 cm³/mol. The summed E-state index contributed by atoms with van der Waals surface area (Å²) in [6, 6.07) is 28.8. The largest absolute Gasteiger partial charge is 0.494 e. The summed E-state index contributed by atoms with van der Waals surface area (Å²) in [5.41, 5.74) is 5.02. The molecule has 174 valence electrons. The Labute approximate surface area is 201 Å². The molecule has 1 atom stereocenters. The average molecular weight is 457 g/mol. The molecule has 0 bridgehead atoms. The highest BCUT2D eigenvalue weighted by Gasteiger charge is 2.16. The van der Waals surface area contributed by atoms with Crippen molar-refractivity contribution in [2.45, 2.75) is 39.0 Å². The van der Waals surface area contributed by atoms with Crippen LogP contribution in [-0.2, 0) is 19.3 Å². The molecule has 0 saturated carbocycles. The van der Waals surface area contributed by atoms with Crippen LogP contribution in [0.3, 0.4) is 0 Å². The van der Waals surface area contributed by atoms with Gasteiger partial charge in [-0.2, -0.15) is 0 Å². The Morgan fingerprint density at radius 1 is 0.706 bits per heavy atom. The molecular formula is C31H30F2O. The Morgan fingerprint density at radius 2 is 1.26 bits per heavy atom. The van der Waals surface area contributed by atoms with Crippen LogP contribution in [0.25, 0.3) is 11.1 Å². The van der Waals surface area contributed by atoms with E-state index in [1.165, 1.54) is 23.3 Å². The first-order chi connectivity index (χ1) is 16.5. The fraction of sp³-hybridized carbons (Fsp3) is 0.226. The molecule has 0 heterocycles. The number of rotatable bonds is 9. The monoisotopic (exact) mass is 456 g/mol. The second kappa shape index (κ2) is 11.1. The molecule has 0 spiro atoms. The third-order valence-corrected chi connectivity index (χ3v) is 6.24. The molecule has 4 aromatic carbocycles. The minimum atomic E-state index is -0.489. The summed E-state index contributed by atoms with van der Waals surface area (Å²) in [6.07, 6.45) is 2.14. The van der Waals surface area contributed by atoms with Gasteiger partial charge in [-0.1, -0.05) is 73.7 Å². The average Bonchev–Trinajstić information content (AvgIpc) is 2.86. The summed E-state index contributed by atoms with van der Waals surface area (Å²) in [4.78, 5) is 0. The van der Waals surface area contributed by atoms with Crippen LogP contribution in [0.15, 0.2) is 91.0 Å². The van der Waals surface area contributed by atoms with Gasteiger partial charge in [0.15, 0.2) is 0 Å². The van der Waals surface area contributed by atoms with Crippen LogP contribution >= 0.6 is 0 Å². The zero-order valence-electron chi connectivity index (χ0n) is 19.7. The summed E-state index contributed by atoms with van der Waals surface area (Å²) in [5.74, 6) is -0.0592. The minimum Gasteiger partial charge on any atom is -0.494 e. The van der Waals surface area contributed by atoms with Crippen molar-refractivity contribution < 1.29 is 13.5 Å². The molecule has 0 aliphatic heterocycles. The highest BCUT2D eigenvalue weighted by atomic mass is 19.1. The second-order valence-corrected chi connectivity index (χ2v) is 8.71. The smallest absolute Gasteiger partial charge is 0.129 e. The maximum Gasteiger partial charge on any atom is 0.129 e. The molecular weight excluding hydrogens is 426 g/mol. The summed E-state index contributed by atoms with van der Waals surface area (Å²) in [5, 5.41) is 0. The molecule has 4 aromatic rings. The highest BCUT2D eigenvalue weighted by molar-refractivity contribution is 5.64. The normalized spacial score (nSPS) is 11.9. The number of halogens is 2. The van der Waals surface area contributed by atoms with Gasteiger partial charge >= 0.3 is 0 Å². The molecule has 0 fully saturated rings. The quantitative estimate of drug-likeness (QED) is 0.247. The van der Waals surface area contributed by atoms with E-state index in [1.54, 1.807) is 0 Å². The standard InChI is InChI=1S/C31H30F2O/c1-3-34-28-17-13-24(14-18-28)10-9-23-11-15-26(16-12-23)27-20-30(32)29(31(33)21-27)19-22(2)25-7-5-4-6-8-25/h4-8,11-18,20-22H,3,9-10,19H2,1-2H3/t22-/m0/s1. The molecule has 0 N–H and O–H groups in total. The van der Waals surface area contributed by atoms with Crippen molar-refractivity contribution in [3.63, 3.8) is 0 Å². The molecule has 3 heteroatoms. The van der Waals surface area contributed by atoms with E-state index in [0.29, 0.717) is 18.6 Å². The molecule has 4 rings (SSSR count). The van der Waals surface area contributed by atoms with Gasteiger partial charge in [-0.05, 0) is 84.2 Å². The van der Waals surface area contributed by atoms with Gasteiger partial charge in [0, 0.05) is 5.56 Å². The summed E-state index contributed by atoms with van der Waals surface area (Å²) >= 11 is 0. The molecule has 0 unspecified atom stereocenters. The summed E-state index contributed by atoms with van der Waals surface area (Å²) in [6.45, 7) is 4.63. The lowest BCUT2D eigenvalue weighted by molar-refractivity contribution is 0.340. The second-order valence-electron chi connectivity index (χ2n) is 8.71. The van der Waals surface area contributed by atoms with Crippen molar-refractivity contribution in [3.8, 4) is 16.9 Å².